The molecule has 10 heteroatoms. The Hall–Kier alpha value is -2.68. The summed E-state index contributed by atoms with van der Waals surface area (Å²) < 4.78 is 61.5. The van der Waals surface area contributed by atoms with Crippen molar-refractivity contribution in [1.82, 2.24) is 15.1 Å². The lowest BCUT2D eigenvalue weighted by Gasteiger charge is -2.08. The van der Waals surface area contributed by atoms with Crippen molar-refractivity contribution < 1.29 is 26.8 Å². The summed E-state index contributed by atoms with van der Waals surface area (Å²) in [5.41, 5.74) is -0.681. The van der Waals surface area contributed by atoms with Gasteiger partial charge in [0.25, 0.3) is 0 Å². The summed E-state index contributed by atoms with van der Waals surface area (Å²) in [6.07, 6.45) is -2.24. The first kappa shape index (κ1) is 16.2. The van der Waals surface area contributed by atoms with Crippen LogP contribution >= 0.6 is 11.6 Å². The highest BCUT2D eigenvalue weighted by atomic mass is 35.5. The molecule has 0 N–H and O–H groups in total. The Labute approximate surface area is 136 Å². The van der Waals surface area contributed by atoms with E-state index in [1.54, 1.807) is 0 Å². The van der Waals surface area contributed by atoms with Crippen LogP contribution in [-0.2, 0) is 6.18 Å². The van der Waals surface area contributed by atoms with Crippen molar-refractivity contribution in [3.05, 3.63) is 53.3 Å². The predicted molar refractivity (Wildman–Crippen MR) is 74.0 cm³/mol. The normalized spacial score (nSPS) is 11.5. The molecule has 0 amide bonds. The van der Waals surface area contributed by atoms with Gasteiger partial charge >= 0.3 is 12.2 Å². The van der Waals surface area contributed by atoms with E-state index in [2.05, 4.69) is 19.6 Å². The fourth-order valence-corrected chi connectivity index (χ4v) is 1.91. The first-order chi connectivity index (χ1) is 11.3. The van der Waals surface area contributed by atoms with Crippen LogP contribution in [0.5, 0.6) is 11.8 Å². The van der Waals surface area contributed by atoms with Gasteiger partial charge in [0, 0.05) is 6.07 Å². The first-order valence-corrected chi connectivity index (χ1v) is 6.70. The number of alkyl halides is 3. The zero-order valence-electron chi connectivity index (χ0n) is 11.5. The zero-order valence-corrected chi connectivity index (χ0v) is 12.3. The molecule has 0 aliphatic heterocycles. The quantitative estimate of drug-likeness (QED) is 0.632. The van der Waals surface area contributed by atoms with E-state index in [0.717, 1.165) is 6.07 Å². The van der Waals surface area contributed by atoms with Crippen LogP contribution in [0.4, 0.5) is 17.6 Å². The van der Waals surface area contributed by atoms with Crippen LogP contribution in [0.25, 0.3) is 11.3 Å². The fraction of sp³-hybridized carbons (Fsp3) is 0.0714. The molecule has 0 spiro atoms. The van der Waals surface area contributed by atoms with Gasteiger partial charge in [-0.25, -0.2) is 14.4 Å². The smallest absolute Gasteiger partial charge is 0.423 e. The highest BCUT2D eigenvalue weighted by molar-refractivity contribution is 6.30. The molecule has 1 aromatic carbocycles. The maximum atomic E-state index is 14.1. The molecule has 124 valence electrons. The number of rotatable bonds is 3. The van der Waals surface area contributed by atoms with Gasteiger partial charge in [-0.1, -0.05) is 22.8 Å². The standard InChI is InChI=1S/C14H6ClF4N3O2/c15-7-5-20-13(21-6-7)23-10-3-1-2-8(16)12(10)9-4-11(24-22-9)14(17,18)19/h1-6H. The van der Waals surface area contributed by atoms with Gasteiger partial charge in [-0.15, -0.1) is 0 Å². The highest BCUT2D eigenvalue weighted by Gasteiger charge is 2.36. The number of hydrogen-bond acceptors (Lipinski definition) is 5. The second-order valence-electron chi connectivity index (χ2n) is 4.47. The minimum Gasteiger partial charge on any atom is -0.423 e. The molecule has 3 rings (SSSR count). The van der Waals surface area contributed by atoms with Gasteiger partial charge in [0.1, 0.15) is 17.3 Å². The van der Waals surface area contributed by atoms with Gasteiger partial charge in [-0.05, 0) is 12.1 Å². The highest BCUT2D eigenvalue weighted by Crippen LogP contribution is 2.37. The Morgan fingerprint density at radius 1 is 1.12 bits per heavy atom. The van der Waals surface area contributed by atoms with Crippen molar-refractivity contribution >= 4 is 11.6 Å². The number of hydrogen-bond donors (Lipinski definition) is 0. The van der Waals surface area contributed by atoms with Crippen molar-refractivity contribution in [3.63, 3.8) is 0 Å². The Balaban J connectivity index is 2.01. The summed E-state index contributed by atoms with van der Waals surface area (Å²) in [4.78, 5) is 7.54. The molecular formula is C14H6ClF4N3O2. The molecule has 3 aromatic rings. The summed E-state index contributed by atoms with van der Waals surface area (Å²) in [5.74, 6) is -2.32. The minimum absolute atomic E-state index is 0.126. The van der Waals surface area contributed by atoms with Gasteiger partial charge in [0.15, 0.2) is 0 Å². The second-order valence-corrected chi connectivity index (χ2v) is 4.91. The summed E-state index contributed by atoms with van der Waals surface area (Å²) in [5, 5.41) is 3.51. The van der Waals surface area contributed by atoms with Gasteiger partial charge in [0.05, 0.1) is 23.0 Å². The van der Waals surface area contributed by atoms with Crippen molar-refractivity contribution in [1.29, 1.82) is 0 Å². The Kier molecular flexibility index (Phi) is 4.10. The first-order valence-electron chi connectivity index (χ1n) is 6.33. The monoisotopic (exact) mass is 359 g/mol. The molecule has 5 nitrogen and oxygen atoms in total. The maximum absolute atomic E-state index is 14.1. The molecule has 0 unspecified atom stereocenters. The molecular weight excluding hydrogens is 354 g/mol. The van der Waals surface area contributed by atoms with E-state index in [1.165, 1.54) is 24.5 Å². The van der Waals surface area contributed by atoms with Crippen LogP contribution in [-0.4, -0.2) is 15.1 Å². The lowest BCUT2D eigenvalue weighted by molar-refractivity contribution is -0.155. The van der Waals surface area contributed by atoms with Crippen molar-refractivity contribution in [2.75, 3.05) is 0 Å². The third kappa shape index (κ3) is 3.30. The van der Waals surface area contributed by atoms with Crippen LogP contribution in [0, 0.1) is 5.82 Å². The molecule has 2 heterocycles. The van der Waals surface area contributed by atoms with Crippen molar-refractivity contribution in [2.24, 2.45) is 0 Å². The molecule has 0 saturated heterocycles. The average Bonchev–Trinajstić information content (AvgIpc) is 2.99. The zero-order chi connectivity index (χ0) is 17.3. The number of ether oxygens (including phenoxy) is 1. The maximum Gasteiger partial charge on any atom is 0.452 e. The predicted octanol–water partition coefficient (Wildman–Crippen LogP) is 4.74. The Morgan fingerprint density at radius 2 is 1.83 bits per heavy atom. The van der Waals surface area contributed by atoms with Crippen molar-refractivity contribution in [3.8, 4) is 23.0 Å². The van der Waals surface area contributed by atoms with E-state index in [0.29, 0.717) is 6.07 Å². The van der Waals surface area contributed by atoms with Gasteiger partial charge in [-0.3, -0.25) is 0 Å². The van der Waals surface area contributed by atoms with E-state index in [4.69, 9.17) is 16.3 Å². The van der Waals surface area contributed by atoms with Gasteiger partial charge in [0.2, 0.25) is 5.76 Å². The average molecular weight is 360 g/mol. The van der Waals surface area contributed by atoms with Crippen LogP contribution in [0.15, 0.2) is 41.2 Å². The summed E-state index contributed by atoms with van der Waals surface area (Å²) in [6.45, 7) is 0. The second kappa shape index (κ2) is 6.08. The van der Waals surface area contributed by atoms with Crippen LogP contribution in [0.3, 0.4) is 0 Å². The van der Waals surface area contributed by atoms with E-state index in [-0.39, 0.29) is 28.0 Å². The van der Waals surface area contributed by atoms with E-state index < -0.39 is 17.8 Å². The molecule has 24 heavy (non-hydrogen) atoms. The molecule has 0 saturated carbocycles. The third-order valence-electron chi connectivity index (χ3n) is 2.82. The number of nitrogens with zero attached hydrogens (tertiary/aromatic N) is 3. The van der Waals surface area contributed by atoms with Gasteiger partial charge in [-0.2, -0.15) is 13.2 Å². The molecule has 2 aromatic heterocycles. The molecule has 0 fully saturated rings. The van der Waals surface area contributed by atoms with Crippen molar-refractivity contribution in [2.45, 2.75) is 6.18 Å². The SMILES string of the molecule is Fc1cccc(Oc2ncc(Cl)cn2)c1-c1cc(C(F)(F)F)on1. The Morgan fingerprint density at radius 3 is 2.46 bits per heavy atom. The molecule has 0 bridgehead atoms. The molecule has 0 aliphatic rings. The molecule has 0 aliphatic carbocycles. The molecule has 0 radical (unpaired) electrons. The number of benzene rings is 1. The van der Waals surface area contributed by atoms with Crippen LogP contribution < -0.4 is 4.74 Å². The van der Waals surface area contributed by atoms with Gasteiger partial charge < -0.3 is 9.26 Å². The minimum atomic E-state index is -4.74. The lowest BCUT2D eigenvalue weighted by atomic mass is 10.1. The summed E-state index contributed by atoms with van der Waals surface area (Å²) >= 11 is 5.64. The topological polar surface area (TPSA) is 61.0 Å². The van der Waals surface area contributed by atoms with Crippen LogP contribution in [0.1, 0.15) is 5.76 Å². The fourth-order valence-electron chi connectivity index (χ4n) is 1.82. The number of halogens is 5. The van der Waals surface area contributed by atoms with Crippen LogP contribution in [0.2, 0.25) is 5.02 Å². The third-order valence-corrected chi connectivity index (χ3v) is 3.01. The van der Waals surface area contributed by atoms with E-state index >= 15 is 0 Å². The molecule has 0 atom stereocenters. The summed E-state index contributed by atoms with van der Waals surface area (Å²) in [7, 11) is 0. The van der Waals surface area contributed by atoms with E-state index in [9.17, 15) is 17.6 Å². The lowest BCUT2D eigenvalue weighted by Crippen LogP contribution is -2.02. The largest absolute Gasteiger partial charge is 0.452 e. The summed E-state index contributed by atoms with van der Waals surface area (Å²) in [6, 6.07) is 4.11. The Bertz CT molecular complexity index is 865. The number of aromatic nitrogens is 3. The van der Waals surface area contributed by atoms with E-state index in [1.807, 2.05) is 0 Å².